The summed E-state index contributed by atoms with van der Waals surface area (Å²) in [6, 6.07) is 12.7. The number of aromatic nitrogens is 5. The van der Waals surface area contributed by atoms with Gasteiger partial charge in [0.1, 0.15) is 5.52 Å². The molecule has 1 unspecified atom stereocenters. The van der Waals surface area contributed by atoms with E-state index in [0.29, 0.717) is 33.3 Å². The predicted octanol–water partition coefficient (Wildman–Crippen LogP) is 4.10. The molecular weight excluding hydrogens is 473 g/mol. The van der Waals surface area contributed by atoms with Crippen molar-refractivity contribution in [3.8, 4) is 5.69 Å². The highest BCUT2D eigenvalue weighted by molar-refractivity contribution is 6.08. The number of alkyl halides is 3. The van der Waals surface area contributed by atoms with Crippen LogP contribution >= 0.6 is 0 Å². The molecule has 8 nitrogen and oxygen atoms in total. The van der Waals surface area contributed by atoms with Gasteiger partial charge in [-0.1, -0.05) is 0 Å². The molecular formula is C25H21F3N6O2. The molecule has 0 fully saturated rings. The van der Waals surface area contributed by atoms with Crippen LogP contribution in [0.3, 0.4) is 0 Å². The van der Waals surface area contributed by atoms with Gasteiger partial charge in [-0.25, -0.2) is 0 Å². The van der Waals surface area contributed by atoms with Crippen molar-refractivity contribution < 1.29 is 23.1 Å². The number of aryl methyl sites for hydroxylation is 2. The first kappa shape index (κ1) is 23.5. The second kappa shape index (κ2) is 8.76. The van der Waals surface area contributed by atoms with Crippen molar-refractivity contribution in [2.45, 2.75) is 19.1 Å². The largest absolute Gasteiger partial charge is 0.416 e. The summed E-state index contributed by atoms with van der Waals surface area (Å²) < 4.78 is 40.8. The van der Waals surface area contributed by atoms with E-state index in [1.165, 1.54) is 16.9 Å². The van der Waals surface area contributed by atoms with Gasteiger partial charge in [-0.3, -0.25) is 14.3 Å². The molecule has 1 atom stereocenters. The topological polar surface area (TPSA) is 97.9 Å². The average Bonchev–Trinajstić information content (AvgIpc) is 3.36. The molecule has 5 rings (SSSR count). The number of fused-ring (bicyclic) bond motifs is 3. The number of pyridine rings is 1. The summed E-state index contributed by atoms with van der Waals surface area (Å²) in [7, 11) is 1.64. The SMILES string of the molecule is Cc1cc(C(CO)NC(=O)c2ccc3c(c2)c2nn(C)nc2n3-c2ccc(C(F)(F)F)cc2)ccn1. The fourth-order valence-corrected chi connectivity index (χ4v) is 4.22. The van der Waals surface area contributed by atoms with Gasteiger partial charge in [-0.05, 0) is 67.1 Å². The summed E-state index contributed by atoms with van der Waals surface area (Å²) in [5, 5.41) is 22.1. The monoisotopic (exact) mass is 494 g/mol. The van der Waals surface area contributed by atoms with Crippen LogP contribution in [0, 0.1) is 6.92 Å². The second-order valence-corrected chi connectivity index (χ2v) is 8.41. The normalized spacial score (nSPS) is 12.8. The van der Waals surface area contributed by atoms with Crippen LogP contribution < -0.4 is 5.32 Å². The molecule has 2 aromatic carbocycles. The van der Waals surface area contributed by atoms with Crippen molar-refractivity contribution >= 4 is 28.0 Å². The second-order valence-electron chi connectivity index (χ2n) is 8.41. The van der Waals surface area contributed by atoms with Gasteiger partial charge >= 0.3 is 6.18 Å². The number of hydrogen-bond donors (Lipinski definition) is 2. The van der Waals surface area contributed by atoms with E-state index in [4.69, 9.17) is 0 Å². The molecule has 184 valence electrons. The zero-order valence-electron chi connectivity index (χ0n) is 19.3. The molecule has 1 amide bonds. The Hall–Kier alpha value is -4.25. The van der Waals surface area contributed by atoms with Crippen LogP contribution in [0.1, 0.15) is 33.2 Å². The maximum absolute atomic E-state index is 13.1. The van der Waals surface area contributed by atoms with Crippen LogP contribution in [0.4, 0.5) is 13.2 Å². The molecule has 0 aliphatic rings. The number of nitrogens with one attached hydrogen (secondary N) is 1. The van der Waals surface area contributed by atoms with E-state index in [1.54, 1.807) is 48.1 Å². The maximum Gasteiger partial charge on any atom is 0.416 e. The number of aliphatic hydroxyl groups excluding tert-OH is 1. The minimum atomic E-state index is -4.44. The minimum Gasteiger partial charge on any atom is -0.394 e. The first-order valence-corrected chi connectivity index (χ1v) is 11.0. The number of amides is 1. The summed E-state index contributed by atoms with van der Waals surface area (Å²) in [6.45, 7) is 1.53. The van der Waals surface area contributed by atoms with Gasteiger partial charge in [0.25, 0.3) is 5.91 Å². The molecule has 0 spiro atoms. The van der Waals surface area contributed by atoms with Crippen molar-refractivity contribution in [1.82, 2.24) is 29.9 Å². The Morgan fingerprint density at radius 1 is 1.08 bits per heavy atom. The molecule has 3 aromatic heterocycles. The fraction of sp³-hybridized carbons (Fsp3) is 0.200. The molecule has 0 radical (unpaired) electrons. The van der Waals surface area contributed by atoms with Gasteiger partial charge in [0.2, 0.25) is 0 Å². The number of aliphatic hydroxyl groups is 1. The zero-order valence-corrected chi connectivity index (χ0v) is 19.3. The lowest BCUT2D eigenvalue weighted by Crippen LogP contribution is -2.30. The van der Waals surface area contributed by atoms with Gasteiger partial charge in [0, 0.05) is 35.6 Å². The molecule has 0 aliphatic heterocycles. The van der Waals surface area contributed by atoms with Crippen molar-refractivity contribution in [2.75, 3.05) is 6.61 Å². The third-order valence-corrected chi connectivity index (χ3v) is 5.93. The van der Waals surface area contributed by atoms with Crippen molar-refractivity contribution in [3.05, 3.63) is 83.2 Å². The summed E-state index contributed by atoms with van der Waals surface area (Å²) in [5.41, 5.74) is 3.15. The molecule has 5 aromatic rings. The molecule has 0 saturated heterocycles. The van der Waals surface area contributed by atoms with Crippen LogP contribution in [0.2, 0.25) is 0 Å². The van der Waals surface area contributed by atoms with E-state index in [-0.39, 0.29) is 6.61 Å². The summed E-state index contributed by atoms with van der Waals surface area (Å²) in [6.07, 6.45) is -2.83. The van der Waals surface area contributed by atoms with Crippen molar-refractivity contribution in [2.24, 2.45) is 7.05 Å². The molecule has 0 aliphatic carbocycles. The maximum atomic E-state index is 13.1. The summed E-state index contributed by atoms with van der Waals surface area (Å²) in [4.78, 5) is 18.6. The lowest BCUT2D eigenvalue weighted by atomic mass is 10.1. The molecule has 3 heterocycles. The fourth-order valence-electron chi connectivity index (χ4n) is 4.22. The third-order valence-electron chi connectivity index (χ3n) is 5.93. The van der Waals surface area contributed by atoms with Crippen LogP contribution in [-0.4, -0.2) is 42.2 Å². The number of nitrogens with zero attached hydrogens (tertiary/aromatic N) is 5. The van der Waals surface area contributed by atoms with Gasteiger partial charge < -0.3 is 10.4 Å². The zero-order chi connectivity index (χ0) is 25.6. The number of hydrogen-bond acceptors (Lipinski definition) is 5. The first-order chi connectivity index (χ1) is 17.2. The summed E-state index contributed by atoms with van der Waals surface area (Å²) >= 11 is 0. The van der Waals surface area contributed by atoms with Crippen molar-refractivity contribution in [1.29, 1.82) is 0 Å². The standard InChI is InChI=1S/C25H21F3N6O2/c1-14-11-15(9-10-29-14)20(13-35)30-24(36)16-3-8-21-19(12-16)22-23(32-33(2)31-22)34(21)18-6-4-17(5-7-18)25(26,27)28/h3-12,20,35H,13H2,1-2H3,(H,30,36). The first-order valence-electron chi connectivity index (χ1n) is 11.0. The Kier molecular flexibility index (Phi) is 5.71. The lowest BCUT2D eigenvalue weighted by Gasteiger charge is -2.17. The predicted molar refractivity (Wildman–Crippen MR) is 127 cm³/mol. The minimum absolute atomic E-state index is 0.295. The molecule has 11 heteroatoms. The van der Waals surface area contributed by atoms with Gasteiger partial charge in [-0.2, -0.15) is 23.1 Å². The smallest absolute Gasteiger partial charge is 0.394 e. The highest BCUT2D eigenvalue weighted by atomic mass is 19.4. The van der Waals surface area contributed by atoms with E-state index < -0.39 is 23.7 Å². The van der Waals surface area contributed by atoms with Crippen LogP contribution in [0.25, 0.3) is 27.8 Å². The van der Waals surface area contributed by atoms with Crippen molar-refractivity contribution in [3.63, 3.8) is 0 Å². The molecule has 2 N–H and O–H groups in total. The number of carbonyl (C=O) groups excluding carboxylic acids is 1. The van der Waals surface area contributed by atoms with E-state index >= 15 is 0 Å². The Morgan fingerprint density at radius 2 is 1.83 bits per heavy atom. The molecule has 36 heavy (non-hydrogen) atoms. The van der Waals surface area contributed by atoms with E-state index in [1.807, 2.05) is 6.92 Å². The van der Waals surface area contributed by atoms with Gasteiger partial charge in [0.05, 0.1) is 23.7 Å². The lowest BCUT2D eigenvalue weighted by molar-refractivity contribution is -0.137. The molecule has 0 saturated carbocycles. The highest BCUT2D eigenvalue weighted by Gasteiger charge is 2.30. The highest BCUT2D eigenvalue weighted by Crippen LogP contribution is 2.33. The Balaban J connectivity index is 1.55. The third kappa shape index (κ3) is 4.17. The van der Waals surface area contributed by atoms with Crippen LogP contribution in [-0.2, 0) is 13.2 Å². The Morgan fingerprint density at radius 3 is 2.50 bits per heavy atom. The van der Waals surface area contributed by atoms with Gasteiger partial charge in [-0.15, -0.1) is 5.10 Å². The number of rotatable bonds is 5. The van der Waals surface area contributed by atoms with Crippen LogP contribution in [0.15, 0.2) is 60.8 Å². The number of halogens is 3. The van der Waals surface area contributed by atoms with Crippen LogP contribution in [0.5, 0.6) is 0 Å². The van der Waals surface area contributed by atoms with E-state index in [9.17, 15) is 23.1 Å². The Labute approximate surface area is 203 Å². The van der Waals surface area contributed by atoms with E-state index in [0.717, 1.165) is 23.4 Å². The quantitative estimate of drug-likeness (QED) is 0.384. The Bertz CT molecular complexity index is 1590. The van der Waals surface area contributed by atoms with Gasteiger partial charge in [0.15, 0.2) is 5.65 Å². The number of benzene rings is 2. The summed E-state index contributed by atoms with van der Waals surface area (Å²) in [5.74, 6) is -0.398. The number of carbonyl (C=O) groups is 1. The average molecular weight is 494 g/mol. The van der Waals surface area contributed by atoms with E-state index in [2.05, 4.69) is 20.5 Å². The molecule has 0 bridgehead atoms.